The zero-order valence-electron chi connectivity index (χ0n) is 23.3. The Kier molecular flexibility index (Phi) is 9.10. The number of imide groups is 1. The maximum Gasteiger partial charge on any atom is 0.417 e. The lowest BCUT2D eigenvalue weighted by atomic mass is 9.87. The van der Waals surface area contributed by atoms with Crippen LogP contribution in [0.4, 0.5) is 9.18 Å². The molecule has 3 aromatic rings. The zero-order valence-corrected chi connectivity index (χ0v) is 25.8. The molecule has 9 heteroatoms. The Labute approximate surface area is 246 Å². The Morgan fingerprint density at radius 1 is 1.02 bits per heavy atom. The van der Waals surface area contributed by atoms with E-state index in [9.17, 15) is 14.0 Å². The first-order valence-corrected chi connectivity index (χ1v) is 16.9. The second-order valence-electron chi connectivity index (χ2n) is 11.6. The second kappa shape index (κ2) is 12.0. The van der Waals surface area contributed by atoms with Gasteiger partial charge in [-0.05, 0) is 65.5 Å². The van der Waals surface area contributed by atoms with Gasteiger partial charge < -0.3 is 9.16 Å². The molecular weight excluding hydrogens is 568 g/mol. The van der Waals surface area contributed by atoms with Crippen LogP contribution in [0.25, 0.3) is 0 Å². The quantitative estimate of drug-likeness (QED) is 0.243. The van der Waals surface area contributed by atoms with Crippen molar-refractivity contribution in [1.29, 1.82) is 0 Å². The highest BCUT2D eigenvalue weighted by Crippen LogP contribution is 2.46. The number of halogens is 3. The van der Waals surface area contributed by atoms with Gasteiger partial charge in [0.05, 0.1) is 28.1 Å². The van der Waals surface area contributed by atoms with Crippen LogP contribution in [0.3, 0.4) is 0 Å². The highest BCUT2D eigenvalue weighted by Gasteiger charge is 2.47. The van der Waals surface area contributed by atoms with Crippen molar-refractivity contribution < 1.29 is 23.1 Å². The fraction of sp³-hybridized carbons (Fsp3) is 0.355. The van der Waals surface area contributed by atoms with E-state index in [-0.39, 0.29) is 11.6 Å². The van der Waals surface area contributed by atoms with Gasteiger partial charge in [0.25, 0.3) is 0 Å². The standard InChI is InChI=1S/C31H34Cl2FNO4Si/c1-31(2,3)40(4,5)39-28(22-13-16-25(32)26(33)18-22)27(21-11-14-23(34)15-12-21)29(36)35-24(19-38-30(35)37)17-20-9-7-6-8-10-20/h6-16,18,24,27-28H,17,19H2,1-5H3/t24-,27-,28+/m0/s1. The van der Waals surface area contributed by atoms with Crippen molar-refractivity contribution in [2.75, 3.05) is 6.61 Å². The van der Waals surface area contributed by atoms with Gasteiger partial charge in [0.2, 0.25) is 5.91 Å². The number of benzene rings is 3. The normalized spacial score (nSPS) is 17.4. The van der Waals surface area contributed by atoms with Crippen LogP contribution in [0.2, 0.25) is 28.2 Å². The lowest BCUT2D eigenvalue weighted by Crippen LogP contribution is -2.47. The summed E-state index contributed by atoms with van der Waals surface area (Å²) in [4.78, 5) is 28.8. The minimum atomic E-state index is -2.51. The van der Waals surface area contributed by atoms with Gasteiger partial charge in [-0.3, -0.25) is 4.79 Å². The van der Waals surface area contributed by atoms with Crippen molar-refractivity contribution in [2.24, 2.45) is 0 Å². The summed E-state index contributed by atoms with van der Waals surface area (Å²) in [5, 5.41) is 0.489. The van der Waals surface area contributed by atoms with E-state index in [1.54, 1.807) is 30.3 Å². The largest absolute Gasteiger partial charge is 0.447 e. The van der Waals surface area contributed by atoms with E-state index in [0.717, 1.165) is 5.56 Å². The molecule has 3 aromatic carbocycles. The van der Waals surface area contributed by atoms with Gasteiger partial charge in [0.1, 0.15) is 12.4 Å². The van der Waals surface area contributed by atoms with Crippen molar-refractivity contribution >= 4 is 43.5 Å². The van der Waals surface area contributed by atoms with Crippen LogP contribution in [0.15, 0.2) is 72.8 Å². The zero-order chi connectivity index (χ0) is 29.2. The van der Waals surface area contributed by atoms with Gasteiger partial charge in [-0.25, -0.2) is 14.1 Å². The van der Waals surface area contributed by atoms with E-state index in [1.165, 1.54) is 17.0 Å². The highest BCUT2D eigenvalue weighted by molar-refractivity contribution is 6.74. The Balaban J connectivity index is 1.84. The molecule has 0 aromatic heterocycles. The van der Waals surface area contributed by atoms with Crippen LogP contribution >= 0.6 is 23.2 Å². The Hall–Kier alpha value is -2.71. The van der Waals surface area contributed by atoms with Crippen molar-refractivity contribution in [3.05, 3.63) is 105 Å². The first kappa shape index (κ1) is 30.3. The summed E-state index contributed by atoms with van der Waals surface area (Å²) in [6, 6.07) is 20.0. The molecule has 0 spiro atoms. The van der Waals surface area contributed by atoms with Gasteiger partial charge in [-0.1, -0.05) is 92.5 Å². The monoisotopic (exact) mass is 601 g/mol. The van der Waals surface area contributed by atoms with Crippen LogP contribution in [-0.4, -0.2) is 37.9 Å². The molecule has 4 rings (SSSR count). The minimum Gasteiger partial charge on any atom is -0.447 e. The molecule has 1 heterocycles. The summed E-state index contributed by atoms with van der Waals surface area (Å²) < 4.78 is 26.4. The van der Waals surface area contributed by atoms with E-state index < -0.39 is 44.2 Å². The molecular formula is C31H34Cl2FNO4Si. The number of amides is 2. The predicted octanol–water partition coefficient (Wildman–Crippen LogP) is 8.57. The number of nitrogens with zero attached hydrogens (tertiary/aromatic N) is 1. The number of rotatable bonds is 8. The van der Waals surface area contributed by atoms with E-state index in [2.05, 4.69) is 33.9 Å². The summed E-state index contributed by atoms with van der Waals surface area (Å²) in [6.07, 6.45) is -1.10. The molecule has 0 radical (unpaired) electrons. The Morgan fingerprint density at radius 3 is 2.25 bits per heavy atom. The summed E-state index contributed by atoms with van der Waals surface area (Å²) in [6.45, 7) is 10.6. The average molecular weight is 603 g/mol. The Morgan fingerprint density at radius 2 is 1.65 bits per heavy atom. The van der Waals surface area contributed by atoms with Gasteiger partial charge in [0, 0.05) is 0 Å². The van der Waals surface area contributed by atoms with E-state index in [4.69, 9.17) is 32.4 Å². The van der Waals surface area contributed by atoms with Gasteiger partial charge in [-0.2, -0.15) is 0 Å². The fourth-order valence-electron chi connectivity index (χ4n) is 4.55. The molecule has 0 bridgehead atoms. The van der Waals surface area contributed by atoms with Crippen LogP contribution in [0, 0.1) is 5.82 Å². The number of carbonyl (C=O) groups excluding carboxylic acids is 2. The first-order chi connectivity index (χ1) is 18.8. The molecule has 5 nitrogen and oxygen atoms in total. The van der Waals surface area contributed by atoms with E-state index in [0.29, 0.717) is 27.6 Å². The van der Waals surface area contributed by atoms with Crippen molar-refractivity contribution in [1.82, 2.24) is 4.90 Å². The number of carbonyl (C=O) groups is 2. The summed E-state index contributed by atoms with van der Waals surface area (Å²) in [5.41, 5.74) is 2.12. The first-order valence-electron chi connectivity index (χ1n) is 13.2. The third kappa shape index (κ3) is 6.60. The lowest BCUT2D eigenvalue weighted by Gasteiger charge is -2.42. The lowest BCUT2D eigenvalue weighted by molar-refractivity contribution is -0.133. The molecule has 0 N–H and O–H groups in total. The molecule has 0 unspecified atom stereocenters. The molecule has 40 heavy (non-hydrogen) atoms. The third-order valence-corrected chi connectivity index (χ3v) is 13.0. The number of hydrogen-bond donors (Lipinski definition) is 0. The molecule has 0 aliphatic carbocycles. The van der Waals surface area contributed by atoms with Gasteiger partial charge in [0.15, 0.2) is 8.32 Å². The number of hydrogen-bond acceptors (Lipinski definition) is 4. The predicted molar refractivity (Wildman–Crippen MR) is 159 cm³/mol. The minimum absolute atomic E-state index is 0.0795. The molecule has 212 valence electrons. The second-order valence-corrected chi connectivity index (χ2v) is 17.2. The molecule has 1 aliphatic heterocycles. The topological polar surface area (TPSA) is 55.8 Å². The average Bonchev–Trinajstić information content (AvgIpc) is 3.25. The van der Waals surface area contributed by atoms with Crippen LogP contribution in [-0.2, 0) is 20.4 Å². The molecule has 0 saturated carbocycles. The van der Waals surface area contributed by atoms with Crippen molar-refractivity contribution in [3.63, 3.8) is 0 Å². The number of cyclic esters (lactones) is 1. The van der Waals surface area contributed by atoms with Gasteiger partial charge in [-0.15, -0.1) is 0 Å². The van der Waals surface area contributed by atoms with Crippen molar-refractivity contribution in [3.8, 4) is 0 Å². The van der Waals surface area contributed by atoms with Crippen molar-refractivity contribution in [2.45, 2.75) is 63.4 Å². The number of ether oxygens (including phenoxy) is 1. The SMILES string of the molecule is CC(C)(C)[Si](C)(C)O[C@H](c1ccc(Cl)c(Cl)c1)[C@@H](C(=O)N1C(=O)OC[C@@H]1Cc1ccccc1)c1ccc(F)cc1. The van der Waals surface area contributed by atoms with E-state index >= 15 is 0 Å². The Bertz CT molecular complexity index is 1360. The van der Waals surface area contributed by atoms with E-state index in [1.807, 2.05) is 30.3 Å². The molecule has 1 fully saturated rings. The van der Waals surface area contributed by atoms with Gasteiger partial charge >= 0.3 is 6.09 Å². The molecule has 1 aliphatic rings. The third-order valence-electron chi connectivity index (χ3n) is 7.81. The maximum atomic E-state index is 14.6. The summed E-state index contributed by atoms with van der Waals surface area (Å²) in [7, 11) is -2.51. The molecule has 2 amide bonds. The maximum absolute atomic E-state index is 14.6. The fourth-order valence-corrected chi connectivity index (χ4v) is 6.11. The summed E-state index contributed by atoms with van der Waals surface area (Å²) >= 11 is 12.7. The summed E-state index contributed by atoms with van der Waals surface area (Å²) in [5.74, 6) is -1.91. The molecule has 1 saturated heterocycles. The highest BCUT2D eigenvalue weighted by atomic mass is 35.5. The smallest absolute Gasteiger partial charge is 0.417 e. The molecule has 3 atom stereocenters. The van der Waals surface area contributed by atoms with Crippen LogP contribution in [0.1, 0.15) is 49.5 Å². The van der Waals surface area contributed by atoms with Crippen LogP contribution < -0.4 is 0 Å². The van der Waals surface area contributed by atoms with Crippen LogP contribution in [0.5, 0.6) is 0 Å².